The summed E-state index contributed by atoms with van der Waals surface area (Å²) in [6.45, 7) is 6.43. The first-order chi connectivity index (χ1) is 10.4. The first-order valence-electron chi connectivity index (χ1n) is 7.32. The van der Waals surface area contributed by atoms with Crippen LogP contribution < -0.4 is 5.43 Å². The van der Waals surface area contributed by atoms with Crippen LogP contribution in [0.4, 0.5) is 0 Å². The molecule has 1 amide bonds. The topological polar surface area (TPSA) is 55.2 Å². The van der Waals surface area contributed by atoms with Crippen LogP contribution in [0, 0.1) is 12.8 Å². The number of amides is 1. The van der Waals surface area contributed by atoms with Crippen LogP contribution in [-0.4, -0.2) is 34.2 Å². The Morgan fingerprint density at radius 1 is 1.27 bits per heavy atom. The van der Waals surface area contributed by atoms with Gasteiger partial charge in [-0.25, -0.2) is 4.68 Å². The first-order valence-corrected chi connectivity index (χ1v) is 7.32. The van der Waals surface area contributed by atoms with Gasteiger partial charge in [-0.3, -0.25) is 9.59 Å². The van der Waals surface area contributed by atoms with E-state index in [1.807, 2.05) is 44.2 Å². The van der Waals surface area contributed by atoms with Crippen molar-refractivity contribution in [3.63, 3.8) is 0 Å². The Morgan fingerprint density at radius 3 is 2.50 bits per heavy atom. The van der Waals surface area contributed by atoms with Gasteiger partial charge in [0.05, 0.1) is 5.69 Å². The molecule has 116 valence electrons. The molecule has 1 aromatic carbocycles. The third kappa shape index (κ3) is 3.42. The molecule has 0 N–H and O–H groups in total. The van der Waals surface area contributed by atoms with Crippen molar-refractivity contribution >= 4 is 5.91 Å². The van der Waals surface area contributed by atoms with Gasteiger partial charge in [0, 0.05) is 25.4 Å². The average molecular weight is 299 g/mol. The lowest BCUT2D eigenvalue weighted by Crippen LogP contribution is -2.35. The molecule has 0 fully saturated rings. The van der Waals surface area contributed by atoms with Crippen molar-refractivity contribution in [3.05, 3.63) is 58.0 Å². The third-order valence-corrected chi connectivity index (χ3v) is 3.30. The summed E-state index contributed by atoms with van der Waals surface area (Å²) in [6, 6.07) is 10.9. The van der Waals surface area contributed by atoms with E-state index in [0.717, 1.165) is 5.69 Å². The van der Waals surface area contributed by atoms with E-state index in [4.69, 9.17) is 0 Å². The van der Waals surface area contributed by atoms with Gasteiger partial charge >= 0.3 is 0 Å². The number of nitrogens with zero attached hydrogens (tertiary/aromatic N) is 3. The van der Waals surface area contributed by atoms with E-state index < -0.39 is 0 Å². The maximum Gasteiger partial charge on any atom is 0.278 e. The smallest absolute Gasteiger partial charge is 0.278 e. The molecule has 0 bridgehead atoms. The Labute approximate surface area is 130 Å². The number of carbonyl (C=O) groups excluding carboxylic acids is 1. The normalized spacial score (nSPS) is 10.8. The van der Waals surface area contributed by atoms with Gasteiger partial charge in [-0.1, -0.05) is 32.0 Å². The van der Waals surface area contributed by atoms with E-state index in [2.05, 4.69) is 5.10 Å². The quantitative estimate of drug-likeness (QED) is 0.870. The van der Waals surface area contributed by atoms with E-state index in [1.165, 1.54) is 6.07 Å². The zero-order valence-corrected chi connectivity index (χ0v) is 13.4. The molecule has 0 aliphatic heterocycles. The summed E-state index contributed by atoms with van der Waals surface area (Å²) < 4.78 is 1.62. The highest BCUT2D eigenvalue weighted by Crippen LogP contribution is 2.09. The molecule has 0 unspecified atom stereocenters. The third-order valence-electron chi connectivity index (χ3n) is 3.30. The number of aryl methyl sites for hydroxylation is 1. The first kappa shape index (κ1) is 15.9. The number of carbonyl (C=O) groups is 1. The van der Waals surface area contributed by atoms with Crippen molar-refractivity contribution < 1.29 is 4.79 Å². The molecule has 2 rings (SSSR count). The SMILES string of the molecule is Cc1cc(=O)c(C(=O)N(C)CC(C)C)nn1-c1ccccc1. The number of benzene rings is 1. The van der Waals surface area contributed by atoms with E-state index in [9.17, 15) is 9.59 Å². The summed E-state index contributed by atoms with van der Waals surface area (Å²) >= 11 is 0. The van der Waals surface area contributed by atoms with Gasteiger partial charge in [-0.15, -0.1) is 0 Å². The number of rotatable bonds is 4. The Hall–Kier alpha value is -2.43. The Morgan fingerprint density at radius 2 is 1.91 bits per heavy atom. The molecule has 0 saturated heterocycles. The average Bonchev–Trinajstić information content (AvgIpc) is 2.47. The summed E-state index contributed by atoms with van der Waals surface area (Å²) in [5.41, 5.74) is 1.13. The van der Waals surface area contributed by atoms with Gasteiger partial charge in [0.25, 0.3) is 5.91 Å². The molecule has 0 saturated carbocycles. The fourth-order valence-corrected chi connectivity index (χ4v) is 2.34. The molecular formula is C17H21N3O2. The molecule has 1 aromatic heterocycles. The van der Waals surface area contributed by atoms with Crippen LogP contribution in [-0.2, 0) is 0 Å². The maximum atomic E-state index is 12.4. The van der Waals surface area contributed by atoms with Crippen molar-refractivity contribution in [3.8, 4) is 5.69 Å². The van der Waals surface area contributed by atoms with Crippen LogP contribution in [0.2, 0.25) is 0 Å². The lowest BCUT2D eigenvalue weighted by molar-refractivity contribution is 0.0770. The summed E-state index contributed by atoms with van der Waals surface area (Å²) in [5, 5.41) is 4.28. The molecular weight excluding hydrogens is 278 g/mol. The van der Waals surface area contributed by atoms with Gasteiger partial charge in [0.1, 0.15) is 0 Å². The van der Waals surface area contributed by atoms with Gasteiger partial charge in [-0.05, 0) is 25.0 Å². The molecule has 22 heavy (non-hydrogen) atoms. The second-order valence-corrected chi connectivity index (χ2v) is 5.83. The zero-order valence-electron chi connectivity index (χ0n) is 13.4. The van der Waals surface area contributed by atoms with Crippen LogP contribution in [0.3, 0.4) is 0 Å². The molecule has 0 spiro atoms. The van der Waals surface area contributed by atoms with Crippen LogP contribution in [0.5, 0.6) is 0 Å². The summed E-state index contributed by atoms with van der Waals surface area (Å²) in [7, 11) is 1.69. The Kier molecular flexibility index (Phi) is 4.75. The summed E-state index contributed by atoms with van der Waals surface area (Å²) in [5.74, 6) is -0.0147. The summed E-state index contributed by atoms with van der Waals surface area (Å²) in [4.78, 5) is 26.1. The van der Waals surface area contributed by atoms with Gasteiger partial charge in [-0.2, -0.15) is 5.10 Å². The second-order valence-electron chi connectivity index (χ2n) is 5.83. The fraction of sp³-hybridized carbons (Fsp3) is 0.353. The fourth-order valence-electron chi connectivity index (χ4n) is 2.34. The largest absolute Gasteiger partial charge is 0.340 e. The summed E-state index contributed by atoms with van der Waals surface area (Å²) in [6.07, 6.45) is 0. The van der Waals surface area contributed by atoms with E-state index in [1.54, 1.807) is 23.6 Å². The molecule has 1 heterocycles. The maximum absolute atomic E-state index is 12.4. The Balaban J connectivity index is 2.45. The predicted molar refractivity (Wildman–Crippen MR) is 86.4 cm³/mol. The molecule has 2 aromatic rings. The number of aromatic nitrogens is 2. The van der Waals surface area contributed by atoms with E-state index >= 15 is 0 Å². The van der Waals surface area contributed by atoms with Crippen LogP contribution in [0.25, 0.3) is 5.69 Å². The van der Waals surface area contributed by atoms with Gasteiger partial charge < -0.3 is 4.90 Å². The van der Waals surface area contributed by atoms with Crippen LogP contribution in [0.15, 0.2) is 41.2 Å². The molecule has 0 aliphatic rings. The van der Waals surface area contributed by atoms with Crippen molar-refractivity contribution in [2.45, 2.75) is 20.8 Å². The lowest BCUT2D eigenvalue weighted by Gasteiger charge is -2.19. The van der Waals surface area contributed by atoms with Gasteiger partial charge in [0.2, 0.25) is 5.43 Å². The van der Waals surface area contributed by atoms with Crippen molar-refractivity contribution in [1.82, 2.24) is 14.7 Å². The Bertz CT molecular complexity index is 720. The van der Waals surface area contributed by atoms with Crippen LogP contribution >= 0.6 is 0 Å². The second kappa shape index (κ2) is 6.56. The monoisotopic (exact) mass is 299 g/mol. The highest BCUT2D eigenvalue weighted by Gasteiger charge is 2.19. The molecule has 0 aliphatic carbocycles. The highest BCUT2D eigenvalue weighted by atomic mass is 16.2. The van der Waals surface area contributed by atoms with Crippen molar-refractivity contribution in [2.75, 3.05) is 13.6 Å². The standard InChI is InChI=1S/C17H21N3O2/c1-12(2)11-19(4)17(22)16-15(21)10-13(3)20(18-16)14-8-6-5-7-9-14/h5-10,12H,11H2,1-4H3. The molecule has 5 nitrogen and oxygen atoms in total. The minimum Gasteiger partial charge on any atom is -0.340 e. The molecule has 5 heteroatoms. The zero-order chi connectivity index (χ0) is 16.3. The van der Waals surface area contributed by atoms with Crippen LogP contribution in [0.1, 0.15) is 30.0 Å². The number of hydrogen-bond acceptors (Lipinski definition) is 3. The van der Waals surface area contributed by atoms with E-state index in [-0.39, 0.29) is 17.0 Å². The van der Waals surface area contributed by atoms with E-state index in [0.29, 0.717) is 18.2 Å². The lowest BCUT2D eigenvalue weighted by atomic mass is 10.2. The molecule has 0 radical (unpaired) electrons. The molecule has 0 atom stereocenters. The van der Waals surface area contributed by atoms with Crippen molar-refractivity contribution in [1.29, 1.82) is 0 Å². The minimum atomic E-state index is -0.344. The minimum absolute atomic E-state index is 0.0439. The predicted octanol–water partition coefficient (Wildman–Crippen LogP) is 2.27. The van der Waals surface area contributed by atoms with Gasteiger partial charge in [0.15, 0.2) is 5.69 Å². The van der Waals surface area contributed by atoms with Crippen molar-refractivity contribution in [2.24, 2.45) is 5.92 Å². The highest BCUT2D eigenvalue weighted by molar-refractivity contribution is 5.91. The number of hydrogen-bond donors (Lipinski definition) is 0. The number of para-hydroxylation sites is 1.